The third-order valence-corrected chi connectivity index (χ3v) is 2.32. The van der Waals surface area contributed by atoms with Gasteiger partial charge in [0.1, 0.15) is 11.0 Å². The van der Waals surface area contributed by atoms with Crippen molar-refractivity contribution < 1.29 is 4.94 Å². The van der Waals surface area contributed by atoms with Crippen molar-refractivity contribution in [2.24, 2.45) is 0 Å². The number of hydrazine groups is 1. The Morgan fingerprint density at radius 1 is 1.24 bits per heavy atom. The van der Waals surface area contributed by atoms with Crippen LogP contribution in [0.2, 0.25) is 0 Å². The molecule has 0 aliphatic heterocycles. The summed E-state index contributed by atoms with van der Waals surface area (Å²) in [6, 6.07) is 7.88. The Bertz CT molecular complexity index is 485. The molecule has 0 atom stereocenters. The van der Waals surface area contributed by atoms with Gasteiger partial charge in [-0.15, -0.1) is 5.10 Å². The van der Waals surface area contributed by atoms with E-state index in [4.69, 9.17) is 4.94 Å². The van der Waals surface area contributed by atoms with Crippen LogP contribution in [0.3, 0.4) is 0 Å². The Balaban J connectivity index is 2.28. The maximum Gasteiger partial charge on any atom is 0.133 e. The molecule has 6 heteroatoms. The van der Waals surface area contributed by atoms with Gasteiger partial charge in [0.05, 0.1) is 6.04 Å². The van der Waals surface area contributed by atoms with Gasteiger partial charge >= 0.3 is 0 Å². The molecular weight excluding hydrogens is 218 g/mol. The maximum absolute atomic E-state index is 5.69. The molecule has 17 heavy (non-hydrogen) atoms. The Morgan fingerprint density at radius 3 is 2.59 bits per heavy atom. The molecule has 0 fully saturated rings. The van der Waals surface area contributed by atoms with Crippen LogP contribution >= 0.6 is 0 Å². The first-order valence-electron chi connectivity index (χ1n) is 5.55. The summed E-state index contributed by atoms with van der Waals surface area (Å²) in [6.07, 6.45) is 0. The smallest absolute Gasteiger partial charge is 0.133 e. The molecule has 0 aliphatic rings. The highest BCUT2D eigenvalue weighted by atomic mass is 16.9. The summed E-state index contributed by atoms with van der Waals surface area (Å²) < 4.78 is 0. The predicted octanol–water partition coefficient (Wildman–Crippen LogP) is 0.962. The lowest BCUT2D eigenvalue weighted by atomic mass is 10.3. The van der Waals surface area contributed by atoms with E-state index >= 15 is 0 Å². The van der Waals surface area contributed by atoms with Gasteiger partial charge in [-0.25, -0.2) is 5.01 Å². The third-order valence-electron chi connectivity index (χ3n) is 2.32. The average Bonchev–Trinajstić information content (AvgIpc) is 2.68. The van der Waals surface area contributed by atoms with Crippen molar-refractivity contribution in [2.75, 3.05) is 14.1 Å². The van der Waals surface area contributed by atoms with Gasteiger partial charge in [0, 0.05) is 14.1 Å². The average molecular weight is 235 g/mol. The van der Waals surface area contributed by atoms with Gasteiger partial charge in [0.2, 0.25) is 0 Å². The molecule has 0 aliphatic carbocycles. The Labute approximate surface area is 100 Å². The standard InChI is InChI=1S/C11H17N5O/c1-9(2)16(14(3)4)17-15-11-8-6-5-7-10(11)12-13-15/h5-9H,1-4H3. The summed E-state index contributed by atoms with van der Waals surface area (Å²) in [4.78, 5) is 7.12. The first-order chi connectivity index (χ1) is 8.09. The van der Waals surface area contributed by atoms with Crippen molar-refractivity contribution in [1.29, 1.82) is 0 Å². The fourth-order valence-corrected chi connectivity index (χ4v) is 1.62. The second-order valence-corrected chi connectivity index (χ2v) is 4.28. The van der Waals surface area contributed by atoms with Crippen LogP contribution in [-0.2, 0) is 0 Å². The molecule has 2 rings (SSSR count). The van der Waals surface area contributed by atoms with Crippen LogP contribution < -0.4 is 4.94 Å². The Kier molecular flexibility index (Phi) is 3.26. The molecule has 0 spiro atoms. The van der Waals surface area contributed by atoms with E-state index in [0.29, 0.717) is 0 Å². The number of nitrogens with zero attached hydrogens (tertiary/aromatic N) is 5. The minimum absolute atomic E-state index is 0.202. The number of aromatic nitrogens is 3. The summed E-state index contributed by atoms with van der Waals surface area (Å²) in [7, 11) is 3.83. The molecule has 6 nitrogen and oxygen atoms in total. The Hall–Kier alpha value is -1.66. The van der Waals surface area contributed by atoms with E-state index in [9.17, 15) is 0 Å². The summed E-state index contributed by atoms with van der Waals surface area (Å²) in [5, 5.41) is 11.6. The first-order valence-corrected chi connectivity index (χ1v) is 5.55. The van der Waals surface area contributed by atoms with Gasteiger partial charge in [-0.3, -0.25) is 4.94 Å². The highest BCUT2D eigenvalue weighted by Crippen LogP contribution is 2.09. The van der Waals surface area contributed by atoms with Crippen LogP contribution in [-0.4, -0.2) is 45.5 Å². The van der Waals surface area contributed by atoms with E-state index in [1.54, 1.807) is 5.17 Å². The van der Waals surface area contributed by atoms with Crippen LogP contribution in [0.15, 0.2) is 24.3 Å². The number of para-hydroxylation sites is 1. The minimum Gasteiger partial charge on any atom is -0.280 e. The summed E-state index contributed by atoms with van der Waals surface area (Å²) in [5.41, 5.74) is 1.66. The van der Waals surface area contributed by atoms with Crippen LogP contribution in [0.25, 0.3) is 11.0 Å². The maximum atomic E-state index is 5.69. The number of hydrogen-bond donors (Lipinski definition) is 0. The predicted molar refractivity (Wildman–Crippen MR) is 64.8 cm³/mol. The molecule has 0 radical (unpaired) electrons. The molecule has 0 amide bonds. The molecule has 2 aromatic rings. The van der Waals surface area contributed by atoms with Crippen molar-refractivity contribution in [3.63, 3.8) is 0 Å². The second kappa shape index (κ2) is 4.68. The van der Waals surface area contributed by atoms with Gasteiger partial charge < -0.3 is 0 Å². The van der Waals surface area contributed by atoms with Crippen LogP contribution in [0.4, 0.5) is 0 Å². The van der Waals surface area contributed by atoms with E-state index in [1.165, 1.54) is 4.85 Å². The quantitative estimate of drug-likeness (QED) is 0.739. The minimum atomic E-state index is 0.202. The van der Waals surface area contributed by atoms with Crippen LogP contribution in [0.1, 0.15) is 13.8 Å². The highest BCUT2D eigenvalue weighted by Gasteiger charge is 2.16. The molecule has 92 valence electrons. The lowest BCUT2D eigenvalue weighted by Crippen LogP contribution is -2.48. The summed E-state index contributed by atoms with van der Waals surface area (Å²) in [6.45, 7) is 4.08. The fourth-order valence-electron chi connectivity index (χ4n) is 1.62. The zero-order valence-electron chi connectivity index (χ0n) is 10.5. The van der Waals surface area contributed by atoms with Gasteiger partial charge in [0.25, 0.3) is 0 Å². The molecule has 0 saturated heterocycles. The SMILES string of the molecule is CC(C)N(On1nnc2ccccc21)N(C)C. The number of hydrogen-bond acceptors (Lipinski definition) is 5. The largest absolute Gasteiger partial charge is 0.280 e. The van der Waals surface area contributed by atoms with Crippen LogP contribution in [0.5, 0.6) is 0 Å². The number of benzene rings is 1. The second-order valence-electron chi connectivity index (χ2n) is 4.28. The molecule has 0 bridgehead atoms. The molecule has 1 heterocycles. The monoisotopic (exact) mass is 235 g/mol. The van der Waals surface area contributed by atoms with Gasteiger partial charge in [-0.1, -0.05) is 17.0 Å². The fraction of sp³-hybridized carbons (Fsp3) is 0.455. The van der Waals surface area contributed by atoms with Crippen molar-refractivity contribution in [2.45, 2.75) is 19.9 Å². The lowest BCUT2D eigenvalue weighted by molar-refractivity contribution is -0.290. The van der Waals surface area contributed by atoms with Crippen LogP contribution in [0, 0.1) is 0 Å². The topological polar surface area (TPSA) is 46.4 Å². The first kappa shape index (κ1) is 11.8. The number of fused-ring (bicyclic) bond motifs is 1. The normalized spacial score (nSPS) is 11.9. The summed E-state index contributed by atoms with van der Waals surface area (Å²) >= 11 is 0. The third kappa shape index (κ3) is 2.37. The number of hydroxylamine groups is 1. The van der Waals surface area contributed by atoms with Crippen molar-refractivity contribution in [3.05, 3.63) is 24.3 Å². The molecule has 0 N–H and O–H groups in total. The van der Waals surface area contributed by atoms with E-state index in [0.717, 1.165) is 11.0 Å². The Morgan fingerprint density at radius 2 is 1.94 bits per heavy atom. The van der Waals surface area contributed by atoms with E-state index in [2.05, 4.69) is 10.3 Å². The summed E-state index contributed by atoms with van der Waals surface area (Å²) in [5.74, 6) is 0. The van der Waals surface area contributed by atoms with Crippen molar-refractivity contribution in [3.8, 4) is 0 Å². The van der Waals surface area contributed by atoms with Gasteiger partial charge in [-0.05, 0) is 36.4 Å². The van der Waals surface area contributed by atoms with Gasteiger partial charge in [-0.2, -0.15) is 0 Å². The van der Waals surface area contributed by atoms with E-state index in [-0.39, 0.29) is 6.04 Å². The zero-order valence-corrected chi connectivity index (χ0v) is 10.5. The molecule has 0 saturated carbocycles. The van der Waals surface area contributed by atoms with Crippen molar-refractivity contribution in [1.82, 2.24) is 25.3 Å². The zero-order chi connectivity index (χ0) is 12.4. The molecule has 1 aromatic carbocycles. The van der Waals surface area contributed by atoms with E-state index in [1.807, 2.05) is 57.2 Å². The lowest BCUT2D eigenvalue weighted by Gasteiger charge is -2.29. The highest BCUT2D eigenvalue weighted by molar-refractivity contribution is 5.73. The molecule has 1 aromatic heterocycles. The molecular formula is C11H17N5O. The van der Waals surface area contributed by atoms with Gasteiger partial charge in [0.15, 0.2) is 0 Å². The number of rotatable bonds is 4. The van der Waals surface area contributed by atoms with E-state index < -0.39 is 0 Å². The van der Waals surface area contributed by atoms with Crippen molar-refractivity contribution >= 4 is 11.0 Å². The molecule has 0 unspecified atom stereocenters.